The maximum absolute atomic E-state index is 13.1. The monoisotopic (exact) mass is 413 g/mol. The van der Waals surface area contributed by atoms with E-state index in [1.54, 1.807) is 0 Å². The molecule has 148 valence electrons. The van der Waals surface area contributed by atoms with Crippen molar-refractivity contribution in [2.45, 2.75) is 19.0 Å². The van der Waals surface area contributed by atoms with Gasteiger partial charge in [0.25, 0.3) is 0 Å². The van der Waals surface area contributed by atoms with Gasteiger partial charge in [0.2, 0.25) is 0 Å². The number of hydrazine groups is 1. The zero-order valence-electron chi connectivity index (χ0n) is 16.3. The van der Waals surface area contributed by atoms with Crippen LogP contribution in [0.5, 0.6) is 0 Å². The Labute approximate surface area is 181 Å². The van der Waals surface area contributed by atoms with Gasteiger partial charge in [0, 0.05) is 23.6 Å². The van der Waals surface area contributed by atoms with Gasteiger partial charge in [-0.05, 0) is 23.3 Å². The smallest absolute Gasteiger partial charge is 0.177 e. The number of Topliss-reactive ketones (excluding diaryl/α,β-unsaturated/α-hetero) is 1. The summed E-state index contributed by atoms with van der Waals surface area (Å²) < 4.78 is 0. The Morgan fingerprint density at radius 1 is 0.967 bits per heavy atom. The summed E-state index contributed by atoms with van der Waals surface area (Å²) in [6.07, 6.45) is 0.195. The molecule has 0 saturated heterocycles. The van der Waals surface area contributed by atoms with Crippen molar-refractivity contribution in [3.8, 4) is 6.07 Å². The van der Waals surface area contributed by atoms with E-state index in [2.05, 4.69) is 11.5 Å². The van der Waals surface area contributed by atoms with Gasteiger partial charge in [-0.25, -0.2) is 5.01 Å². The molecule has 5 heteroatoms. The highest BCUT2D eigenvalue weighted by Crippen LogP contribution is 2.33. The summed E-state index contributed by atoms with van der Waals surface area (Å²) in [6.45, 7) is 0.566. The molecule has 0 amide bonds. The third-order valence-electron chi connectivity index (χ3n) is 5.16. The van der Waals surface area contributed by atoms with Crippen molar-refractivity contribution in [3.63, 3.8) is 0 Å². The summed E-state index contributed by atoms with van der Waals surface area (Å²) in [6, 6.07) is 28.9. The normalized spacial score (nSPS) is 17.2. The van der Waals surface area contributed by atoms with E-state index in [1.165, 1.54) is 0 Å². The Morgan fingerprint density at radius 2 is 1.60 bits per heavy atom. The Kier molecular flexibility index (Phi) is 5.94. The van der Waals surface area contributed by atoms with Crippen molar-refractivity contribution in [3.05, 3.63) is 112 Å². The molecule has 3 aromatic rings. The van der Waals surface area contributed by atoms with Crippen LogP contribution in [-0.4, -0.2) is 10.8 Å². The van der Waals surface area contributed by atoms with Crippen LogP contribution in [0.3, 0.4) is 0 Å². The maximum Gasteiger partial charge on any atom is 0.177 e. The topological polar surface area (TPSA) is 56.1 Å². The minimum Gasteiger partial charge on any atom is -0.316 e. The minimum absolute atomic E-state index is 0.149. The van der Waals surface area contributed by atoms with Crippen molar-refractivity contribution in [2.75, 3.05) is 0 Å². The van der Waals surface area contributed by atoms with E-state index in [-0.39, 0.29) is 23.8 Å². The number of halogens is 1. The first-order chi connectivity index (χ1) is 14.7. The fraction of sp³-hybridized carbons (Fsp3) is 0.120. The quantitative estimate of drug-likeness (QED) is 0.630. The van der Waals surface area contributed by atoms with Gasteiger partial charge in [-0.1, -0.05) is 84.4 Å². The van der Waals surface area contributed by atoms with Gasteiger partial charge in [0.15, 0.2) is 5.78 Å². The molecule has 1 aliphatic heterocycles. The third-order valence-corrected chi connectivity index (χ3v) is 5.42. The molecule has 0 spiro atoms. The second kappa shape index (κ2) is 8.96. The fourth-order valence-corrected chi connectivity index (χ4v) is 3.78. The molecule has 0 saturated carbocycles. The van der Waals surface area contributed by atoms with Gasteiger partial charge in [-0.2, -0.15) is 5.26 Å². The molecule has 4 nitrogen and oxygen atoms in total. The van der Waals surface area contributed by atoms with Crippen LogP contribution in [0.4, 0.5) is 0 Å². The number of ketones is 1. The first-order valence-electron chi connectivity index (χ1n) is 9.71. The van der Waals surface area contributed by atoms with Crippen molar-refractivity contribution in [2.24, 2.45) is 0 Å². The standard InChI is InChI=1S/C25H20ClN3O/c26-21-13-11-19(12-14-21)23-15-24(30)22(16-27)25(20-9-5-2-6-10-20)28-29(23)17-18-7-3-1-4-8-18/h1-14,23,28H,15,17H2. The van der Waals surface area contributed by atoms with Crippen LogP contribution in [0.2, 0.25) is 5.02 Å². The summed E-state index contributed by atoms with van der Waals surface area (Å²) in [5, 5.41) is 12.5. The molecule has 0 aromatic heterocycles. The second-order valence-electron chi connectivity index (χ2n) is 7.15. The minimum atomic E-state index is -0.250. The average Bonchev–Trinajstić information content (AvgIpc) is 2.92. The molecule has 0 fully saturated rings. The van der Waals surface area contributed by atoms with Crippen LogP contribution in [0.25, 0.3) is 5.70 Å². The number of hydrogen-bond acceptors (Lipinski definition) is 4. The second-order valence-corrected chi connectivity index (χ2v) is 7.58. The van der Waals surface area contributed by atoms with Gasteiger partial charge in [0.1, 0.15) is 11.6 Å². The molecule has 30 heavy (non-hydrogen) atoms. The molecule has 1 unspecified atom stereocenters. The fourth-order valence-electron chi connectivity index (χ4n) is 3.65. The molecule has 0 aliphatic carbocycles. The van der Waals surface area contributed by atoms with E-state index in [1.807, 2.05) is 89.9 Å². The first-order valence-corrected chi connectivity index (χ1v) is 10.1. The van der Waals surface area contributed by atoms with E-state index >= 15 is 0 Å². The Balaban J connectivity index is 1.79. The molecule has 4 rings (SSSR count). The lowest BCUT2D eigenvalue weighted by molar-refractivity contribution is -0.116. The largest absolute Gasteiger partial charge is 0.316 e. The molecular formula is C25H20ClN3O. The molecule has 1 N–H and O–H groups in total. The number of nitriles is 1. The zero-order valence-corrected chi connectivity index (χ0v) is 17.0. The molecule has 1 aliphatic rings. The van der Waals surface area contributed by atoms with E-state index in [0.717, 1.165) is 16.7 Å². The van der Waals surface area contributed by atoms with Crippen molar-refractivity contribution < 1.29 is 4.79 Å². The Morgan fingerprint density at radius 3 is 2.23 bits per heavy atom. The number of benzene rings is 3. The van der Waals surface area contributed by atoms with Gasteiger partial charge >= 0.3 is 0 Å². The Hall–Kier alpha value is -3.39. The molecule has 1 atom stereocenters. The molecule has 0 bridgehead atoms. The van der Waals surface area contributed by atoms with E-state index < -0.39 is 0 Å². The van der Waals surface area contributed by atoms with Crippen LogP contribution in [0, 0.1) is 11.3 Å². The van der Waals surface area contributed by atoms with Crippen molar-refractivity contribution in [1.82, 2.24) is 10.4 Å². The average molecular weight is 414 g/mol. The van der Waals surface area contributed by atoms with Crippen molar-refractivity contribution >= 4 is 23.1 Å². The number of hydrogen-bond donors (Lipinski definition) is 1. The van der Waals surface area contributed by atoms with E-state index in [0.29, 0.717) is 17.3 Å². The number of carbonyl (C=O) groups is 1. The molecular weight excluding hydrogens is 394 g/mol. The van der Waals surface area contributed by atoms with Crippen LogP contribution in [0.1, 0.15) is 29.2 Å². The lowest BCUT2D eigenvalue weighted by Gasteiger charge is -2.32. The summed E-state index contributed by atoms with van der Waals surface area (Å²) >= 11 is 6.08. The number of nitrogens with one attached hydrogen (secondary N) is 1. The lowest BCUT2D eigenvalue weighted by atomic mass is 9.96. The summed E-state index contributed by atoms with van der Waals surface area (Å²) in [5.74, 6) is -0.181. The predicted molar refractivity (Wildman–Crippen MR) is 118 cm³/mol. The van der Waals surface area contributed by atoms with Gasteiger partial charge < -0.3 is 5.43 Å². The van der Waals surface area contributed by atoms with Crippen molar-refractivity contribution in [1.29, 1.82) is 5.26 Å². The maximum atomic E-state index is 13.1. The number of allylic oxidation sites excluding steroid dienone is 1. The van der Waals surface area contributed by atoms with E-state index in [9.17, 15) is 10.1 Å². The molecule has 0 radical (unpaired) electrons. The van der Waals surface area contributed by atoms with E-state index in [4.69, 9.17) is 11.6 Å². The first kappa shape index (κ1) is 19.9. The zero-order chi connectivity index (χ0) is 20.9. The highest BCUT2D eigenvalue weighted by molar-refractivity contribution is 6.30. The number of carbonyl (C=O) groups excluding carboxylic acids is 1. The van der Waals surface area contributed by atoms with Crippen LogP contribution >= 0.6 is 11.6 Å². The lowest BCUT2D eigenvalue weighted by Crippen LogP contribution is -2.38. The predicted octanol–water partition coefficient (Wildman–Crippen LogP) is 5.30. The highest BCUT2D eigenvalue weighted by atomic mass is 35.5. The molecule has 3 aromatic carbocycles. The van der Waals surface area contributed by atoms with Crippen LogP contribution in [0.15, 0.2) is 90.5 Å². The highest BCUT2D eigenvalue weighted by Gasteiger charge is 2.32. The Bertz CT molecular complexity index is 1100. The molecule has 1 heterocycles. The number of rotatable bonds is 4. The number of nitrogens with zero attached hydrogens (tertiary/aromatic N) is 2. The van der Waals surface area contributed by atoms with Gasteiger partial charge in [-0.3, -0.25) is 4.79 Å². The summed E-state index contributed by atoms with van der Waals surface area (Å²) in [4.78, 5) is 13.1. The summed E-state index contributed by atoms with van der Waals surface area (Å²) in [5.41, 5.74) is 6.96. The van der Waals surface area contributed by atoms with Gasteiger partial charge in [0.05, 0.1) is 11.7 Å². The van der Waals surface area contributed by atoms with Crippen LogP contribution in [-0.2, 0) is 11.3 Å². The van der Waals surface area contributed by atoms with Crippen LogP contribution < -0.4 is 5.43 Å². The summed E-state index contributed by atoms with van der Waals surface area (Å²) in [7, 11) is 0. The third kappa shape index (κ3) is 4.28. The SMILES string of the molecule is N#CC1=C(c2ccccc2)NN(Cc2ccccc2)C(c2ccc(Cl)cc2)CC1=O. The van der Waals surface area contributed by atoms with Gasteiger partial charge in [-0.15, -0.1) is 0 Å².